The Kier molecular flexibility index (Phi) is 4.13. The molecule has 2 aliphatic carbocycles. The van der Waals surface area contributed by atoms with Gasteiger partial charge >= 0.3 is 0 Å². The van der Waals surface area contributed by atoms with Crippen molar-refractivity contribution in [2.45, 2.75) is 38.7 Å². The van der Waals surface area contributed by atoms with E-state index in [4.69, 9.17) is 0 Å². The van der Waals surface area contributed by atoms with Gasteiger partial charge in [0, 0.05) is 13.1 Å². The normalized spacial score (nSPS) is 30.1. The zero-order valence-corrected chi connectivity index (χ0v) is 12.8. The van der Waals surface area contributed by atoms with E-state index in [0.717, 1.165) is 36.4 Å². The maximum atomic E-state index is 10.3. The molecule has 0 aromatic heterocycles. The highest BCUT2D eigenvalue weighted by atomic mass is 16.3. The lowest BCUT2D eigenvalue weighted by Gasteiger charge is -2.28. The summed E-state index contributed by atoms with van der Waals surface area (Å²) >= 11 is 0. The first kappa shape index (κ1) is 14.1. The van der Waals surface area contributed by atoms with Crippen molar-refractivity contribution >= 4 is 0 Å². The molecular formula is C18H27NO. The minimum atomic E-state index is -0.362. The summed E-state index contributed by atoms with van der Waals surface area (Å²) in [5.74, 6) is 2.86. The first-order chi connectivity index (χ1) is 9.61. The number of fused-ring (bicyclic) bond motifs is 2. The molecule has 2 fully saturated rings. The van der Waals surface area contributed by atoms with Crippen LogP contribution in [0.15, 0.2) is 24.3 Å². The van der Waals surface area contributed by atoms with Gasteiger partial charge in [-0.1, -0.05) is 36.2 Å². The van der Waals surface area contributed by atoms with Crippen molar-refractivity contribution < 1.29 is 5.11 Å². The van der Waals surface area contributed by atoms with Crippen molar-refractivity contribution in [3.63, 3.8) is 0 Å². The molecule has 0 heterocycles. The molecule has 0 radical (unpaired) electrons. The molecule has 0 saturated heterocycles. The molecule has 2 nitrogen and oxygen atoms in total. The van der Waals surface area contributed by atoms with E-state index >= 15 is 0 Å². The molecule has 0 aliphatic heterocycles. The quantitative estimate of drug-likeness (QED) is 0.889. The largest absolute Gasteiger partial charge is 0.387 e. The van der Waals surface area contributed by atoms with E-state index in [1.54, 1.807) is 0 Å². The number of likely N-dealkylation sites (N-methyl/N-ethyl adjacent to an activating group) is 1. The Bertz CT molecular complexity index is 441. The molecule has 4 atom stereocenters. The fraction of sp³-hybridized carbons (Fsp3) is 0.667. The van der Waals surface area contributed by atoms with Gasteiger partial charge in [0.15, 0.2) is 0 Å². The molecule has 2 heteroatoms. The second kappa shape index (κ2) is 5.87. The Morgan fingerprint density at radius 3 is 2.55 bits per heavy atom. The van der Waals surface area contributed by atoms with Crippen LogP contribution < -0.4 is 0 Å². The standard InChI is InChI=1S/C18H27NO/c1-13-3-6-15(7-4-13)18(20)12-19(2)11-17-10-14-5-8-16(17)9-14/h3-4,6-7,14,16-18,20H,5,8-12H2,1-2H3. The van der Waals surface area contributed by atoms with E-state index in [-0.39, 0.29) is 6.10 Å². The summed E-state index contributed by atoms with van der Waals surface area (Å²) < 4.78 is 0. The van der Waals surface area contributed by atoms with Crippen LogP contribution >= 0.6 is 0 Å². The Morgan fingerprint density at radius 1 is 1.20 bits per heavy atom. The van der Waals surface area contributed by atoms with Gasteiger partial charge in [0.1, 0.15) is 0 Å². The SMILES string of the molecule is Cc1ccc(C(O)CN(C)CC2CC3CCC2C3)cc1. The summed E-state index contributed by atoms with van der Waals surface area (Å²) in [7, 11) is 2.16. The van der Waals surface area contributed by atoms with Crippen LogP contribution in [0.5, 0.6) is 0 Å². The third kappa shape index (κ3) is 3.07. The third-order valence-corrected chi connectivity index (χ3v) is 5.38. The van der Waals surface area contributed by atoms with E-state index < -0.39 is 0 Å². The first-order valence-corrected chi connectivity index (χ1v) is 8.05. The van der Waals surface area contributed by atoms with Gasteiger partial charge in [-0.25, -0.2) is 0 Å². The van der Waals surface area contributed by atoms with Crippen molar-refractivity contribution in [1.82, 2.24) is 4.90 Å². The topological polar surface area (TPSA) is 23.5 Å². The number of nitrogens with zero attached hydrogens (tertiary/aromatic N) is 1. The molecule has 20 heavy (non-hydrogen) atoms. The van der Waals surface area contributed by atoms with Gasteiger partial charge in [0.05, 0.1) is 6.10 Å². The van der Waals surface area contributed by atoms with Gasteiger partial charge in [-0.05, 0) is 56.6 Å². The number of rotatable bonds is 5. The van der Waals surface area contributed by atoms with Crippen molar-refractivity contribution in [2.75, 3.05) is 20.1 Å². The molecule has 110 valence electrons. The number of aliphatic hydroxyl groups excluding tert-OH is 1. The number of hydrogen-bond acceptors (Lipinski definition) is 2. The highest BCUT2D eigenvalue weighted by Crippen LogP contribution is 2.48. The smallest absolute Gasteiger partial charge is 0.0916 e. The van der Waals surface area contributed by atoms with Crippen LogP contribution in [0.4, 0.5) is 0 Å². The van der Waals surface area contributed by atoms with Crippen LogP contribution in [-0.2, 0) is 0 Å². The van der Waals surface area contributed by atoms with E-state index in [9.17, 15) is 5.11 Å². The van der Waals surface area contributed by atoms with Gasteiger partial charge in [-0.15, -0.1) is 0 Å². The lowest BCUT2D eigenvalue weighted by Crippen LogP contribution is -2.32. The second-order valence-corrected chi connectivity index (χ2v) is 7.08. The van der Waals surface area contributed by atoms with Crippen molar-refractivity contribution in [3.05, 3.63) is 35.4 Å². The van der Waals surface area contributed by atoms with Crippen LogP contribution in [0, 0.1) is 24.7 Å². The monoisotopic (exact) mass is 273 g/mol. The molecule has 2 aliphatic rings. The zero-order chi connectivity index (χ0) is 14.1. The van der Waals surface area contributed by atoms with E-state index in [1.807, 2.05) is 12.1 Å². The predicted molar refractivity (Wildman–Crippen MR) is 82.6 cm³/mol. The molecule has 2 saturated carbocycles. The maximum absolute atomic E-state index is 10.3. The fourth-order valence-electron chi connectivity index (χ4n) is 4.26. The second-order valence-electron chi connectivity index (χ2n) is 7.08. The van der Waals surface area contributed by atoms with E-state index in [0.29, 0.717) is 0 Å². The van der Waals surface area contributed by atoms with Gasteiger partial charge in [-0.3, -0.25) is 0 Å². The molecule has 2 bridgehead atoms. The summed E-state index contributed by atoms with van der Waals surface area (Å²) in [4.78, 5) is 2.33. The summed E-state index contributed by atoms with van der Waals surface area (Å²) in [6.45, 7) is 3.98. The van der Waals surface area contributed by atoms with Crippen LogP contribution in [0.2, 0.25) is 0 Å². The summed E-state index contributed by atoms with van der Waals surface area (Å²) in [5.41, 5.74) is 2.28. The maximum Gasteiger partial charge on any atom is 0.0916 e. The molecule has 0 spiro atoms. The molecule has 1 aromatic carbocycles. The summed E-state index contributed by atoms with van der Waals surface area (Å²) in [6, 6.07) is 8.25. The molecule has 1 aromatic rings. The van der Waals surface area contributed by atoms with Crippen LogP contribution in [0.1, 0.15) is 42.9 Å². The molecule has 0 amide bonds. The highest BCUT2D eigenvalue weighted by molar-refractivity contribution is 5.23. The fourth-order valence-corrected chi connectivity index (χ4v) is 4.26. The van der Waals surface area contributed by atoms with E-state index in [2.05, 4.69) is 31.0 Å². The minimum absolute atomic E-state index is 0.362. The van der Waals surface area contributed by atoms with Crippen molar-refractivity contribution in [2.24, 2.45) is 17.8 Å². The number of aliphatic hydroxyl groups is 1. The van der Waals surface area contributed by atoms with Gasteiger partial charge in [0.2, 0.25) is 0 Å². The summed E-state index contributed by atoms with van der Waals surface area (Å²) in [6.07, 6.45) is 5.45. The van der Waals surface area contributed by atoms with Crippen LogP contribution in [0.25, 0.3) is 0 Å². The minimum Gasteiger partial charge on any atom is -0.387 e. The average Bonchev–Trinajstić information content (AvgIpc) is 3.01. The number of hydrogen-bond donors (Lipinski definition) is 1. The summed E-state index contributed by atoms with van der Waals surface area (Å²) in [5, 5.41) is 10.3. The third-order valence-electron chi connectivity index (χ3n) is 5.38. The molecule has 1 N–H and O–H groups in total. The number of aryl methyl sites for hydroxylation is 1. The molecule has 3 rings (SSSR count). The predicted octanol–water partition coefficient (Wildman–Crippen LogP) is 3.40. The Labute approximate surface area is 122 Å². The lowest BCUT2D eigenvalue weighted by molar-refractivity contribution is 0.110. The van der Waals surface area contributed by atoms with Gasteiger partial charge in [0.25, 0.3) is 0 Å². The lowest BCUT2D eigenvalue weighted by atomic mass is 9.88. The van der Waals surface area contributed by atoms with E-state index in [1.165, 1.54) is 31.2 Å². The van der Waals surface area contributed by atoms with Gasteiger partial charge in [-0.2, -0.15) is 0 Å². The van der Waals surface area contributed by atoms with Crippen LogP contribution in [-0.4, -0.2) is 30.1 Å². The Balaban J connectivity index is 1.51. The van der Waals surface area contributed by atoms with Crippen LogP contribution in [0.3, 0.4) is 0 Å². The molecular weight excluding hydrogens is 246 g/mol. The van der Waals surface area contributed by atoms with Crippen molar-refractivity contribution in [1.29, 1.82) is 0 Å². The Hall–Kier alpha value is -0.860. The Morgan fingerprint density at radius 2 is 1.95 bits per heavy atom. The average molecular weight is 273 g/mol. The number of benzene rings is 1. The van der Waals surface area contributed by atoms with Gasteiger partial charge < -0.3 is 10.0 Å². The first-order valence-electron chi connectivity index (χ1n) is 8.05. The molecule has 4 unspecified atom stereocenters. The zero-order valence-electron chi connectivity index (χ0n) is 12.8. The van der Waals surface area contributed by atoms with Crippen molar-refractivity contribution in [3.8, 4) is 0 Å². The highest BCUT2D eigenvalue weighted by Gasteiger charge is 2.39.